The predicted octanol–water partition coefficient (Wildman–Crippen LogP) is 2.11. The van der Waals surface area contributed by atoms with E-state index in [9.17, 15) is 0 Å². The van der Waals surface area contributed by atoms with Crippen molar-refractivity contribution in [3.8, 4) is 0 Å². The van der Waals surface area contributed by atoms with E-state index in [0.29, 0.717) is 0 Å². The van der Waals surface area contributed by atoms with Gasteiger partial charge in [-0.3, -0.25) is 0 Å². The average Bonchev–Trinajstić information content (AvgIpc) is 2.25. The van der Waals surface area contributed by atoms with Gasteiger partial charge in [-0.1, -0.05) is 26.2 Å². The van der Waals surface area contributed by atoms with Gasteiger partial charge in [0, 0.05) is 19.1 Å². The van der Waals surface area contributed by atoms with Crippen molar-refractivity contribution in [3.05, 3.63) is 0 Å². The molecule has 84 valence electrons. The van der Waals surface area contributed by atoms with Gasteiger partial charge in [0.1, 0.15) is 0 Å². The molecule has 14 heavy (non-hydrogen) atoms. The van der Waals surface area contributed by atoms with Crippen LogP contribution in [0.3, 0.4) is 0 Å². The molecule has 0 aromatic rings. The first-order valence-corrected chi connectivity index (χ1v) is 6.14. The molecule has 0 amide bonds. The Morgan fingerprint density at radius 2 is 2.00 bits per heavy atom. The maximum atomic E-state index is 3.23. The highest BCUT2D eigenvalue weighted by atomic mass is 15.1. The van der Waals surface area contributed by atoms with Crippen LogP contribution in [0.2, 0.25) is 0 Å². The van der Waals surface area contributed by atoms with E-state index in [2.05, 4.69) is 24.2 Å². The molecule has 1 aliphatic carbocycles. The van der Waals surface area contributed by atoms with Crippen LogP contribution in [0.4, 0.5) is 0 Å². The van der Waals surface area contributed by atoms with Gasteiger partial charge >= 0.3 is 0 Å². The van der Waals surface area contributed by atoms with Crippen LogP contribution in [-0.4, -0.2) is 38.1 Å². The third-order valence-electron chi connectivity index (χ3n) is 3.67. The summed E-state index contributed by atoms with van der Waals surface area (Å²) < 4.78 is 0. The average molecular weight is 198 g/mol. The van der Waals surface area contributed by atoms with Gasteiger partial charge in [-0.2, -0.15) is 0 Å². The van der Waals surface area contributed by atoms with E-state index < -0.39 is 0 Å². The van der Waals surface area contributed by atoms with Crippen molar-refractivity contribution in [1.29, 1.82) is 0 Å². The van der Waals surface area contributed by atoms with Crippen LogP contribution in [0, 0.1) is 5.92 Å². The molecule has 0 aromatic heterocycles. The molecule has 0 aromatic carbocycles. The Bertz CT molecular complexity index is 147. The van der Waals surface area contributed by atoms with Crippen LogP contribution < -0.4 is 5.32 Å². The third kappa shape index (κ3) is 3.25. The standard InChI is InChI=1S/C12H26N2/c1-4-11-7-5-6-8-12(11)14(3)10-9-13-2/h11-13H,4-10H2,1-3H3. The van der Waals surface area contributed by atoms with E-state index in [1.54, 1.807) is 0 Å². The highest BCUT2D eigenvalue weighted by molar-refractivity contribution is 4.81. The summed E-state index contributed by atoms with van der Waals surface area (Å²) in [6, 6.07) is 0.849. The SMILES string of the molecule is CCC1CCCCC1N(C)CCNC. The fourth-order valence-electron chi connectivity index (χ4n) is 2.70. The molecule has 1 fully saturated rings. The molecule has 2 nitrogen and oxygen atoms in total. The Labute approximate surface area is 89.1 Å². The Kier molecular flexibility index (Phi) is 5.49. The van der Waals surface area contributed by atoms with Gasteiger partial charge in [0.15, 0.2) is 0 Å². The minimum Gasteiger partial charge on any atom is -0.318 e. The Morgan fingerprint density at radius 1 is 1.29 bits per heavy atom. The molecule has 0 heterocycles. The molecule has 2 heteroatoms. The minimum absolute atomic E-state index is 0.849. The van der Waals surface area contributed by atoms with Crippen molar-refractivity contribution >= 4 is 0 Å². The number of rotatable bonds is 5. The van der Waals surface area contributed by atoms with Crippen molar-refractivity contribution in [1.82, 2.24) is 10.2 Å². The lowest BCUT2D eigenvalue weighted by Crippen LogP contribution is -2.42. The Hall–Kier alpha value is -0.0800. The van der Waals surface area contributed by atoms with E-state index in [1.165, 1.54) is 38.6 Å². The van der Waals surface area contributed by atoms with Crippen LogP contribution in [0.25, 0.3) is 0 Å². The monoisotopic (exact) mass is 198 g/mol. The maximum absolute atomic E-state index is 3.23. The molecule has 0 aliphatic heterocycles. The summed E-state index contributed by atoms with van der Waals surface area (Å²) in [6.07, 6.45) is 7.11. The molecular formula is C12H26N2. The Balaban J connectivity index is 2.37. The number of hydrogen-bond acceptors (Lipinski definition) is 2. The van der Waals surface area contributed by atoms with Gasteiger partial charge in [-0.15, -0.1) is 0 Å². The Morgan fingerprint density at radius 3 is 2.64 bits per heavy atom. The first-order chi connectivity index (χ1) is 6.79. The van der Waals surface area contributed by atoms with E-state index in [-0.39, 0.29) is 0 Å². The fourth-order valence-corrected chi connectivity index (χ4v) is 2.70. The lowest BCUT2D eigenvalue weighted by atomic mass is 9.82. The summed E-state index contributed by atoms with van der Waals surface area (Å²) in [7, 11) is 4.32. The molecule has 1 aliphatic rings. The third-order valence-corrected chi connectivity index (χ3v) is 3.67. The number of nitrogens with zero attached hydrogens (tertiary/aromatic N) is 1. The zero-order chi connectivity index (χ0) is 10.4. The second-order valence-corrected chi connectivity index (χ2v) is 4.60. The van der Waals surface area contributed by atoms with Gasteiger partial charge in [-0.25, -0.2) is 0 Å². The zero-order valence-electron chi connectivity index (χ0n) is 10.1. The number of likely N-dealkylation sites (N-methyl/N-ethyl adjacent to an activating group) is 2. The first kappa shape index (κ1) is 12.0. The maximum Gasteiger partial charge on any atom is 0.0121 e. The van der Waals surface area contributed by atoms with Crippen LogP contribution in [0.5, 0.6) is 0 Å². The van der Waals surface area contributed by atoms with Crippen molar-refractivity contribution in [2.45, 2.75) is 45.1 Å². The molecule has 1 rings (SSSR count). The fraction of sp³-hybridized carbons (Fsp3) is 1.00. The van der Waals surface area contributed by atoms with Crippen LogP contribution in [-0.2, 0) is 0 Å². The van der Waals surface area contributed by atoms with E-state index >= 15 is 0 Å². The van der Waals surface area contributed by atoms with Crippen LogP contribution >= 0.6 is 0 Å². The van der Waals surface area contributed by atoms with E-state index in [4.69, 9.17) is 0 Å². The first-order valence-electron chi connectivity index (χ1n) is 6.14. The van der Waals surface area contributed by atoms with Crippen molar-refractivity contribution in [3.63, 3.8) is 0 Å². The number of hydrogen-bond donors (Lipinski definition) is 1. The molecule has 0 spiro atoms. The van der Waals surface area contributed by atoms with Crippen molar-refractivity contribution in [2.24, 2.45) is 5.92 Å². The summed E-state index contributed by atoms with van der Waals surface area (Å²) in [4.78, 5) is 2.56. The summed E-state index contributed by atoms with van der Waals surface area (Å²) >= 11 is 0. The largest absolute Gasteiger partial charge is 0.318 e. The second kappa shape index (κ2) is 6.41. The second-order valence-electron chi connectivity index (χ2n) is 4.60. The molecule has 0 saturated heterocycles. The van der Waals surface area contributed by atoms with Gasteiger partial charge in [0.2, 0.25) is 0 Å². The molecule has 1 saturated carbocycles. The summed E-state index contributed by atoms with van der Waals surface area (Å²) in [5.41, 5.74) is 0. The highest BCUT2D eigenvalue weighted by Crippen LogP contribution is 2.29. The van der Waals surface area contributed by atoms with Crippen LogP contribution in [0.15, 0.2) is 0 Å². The number of nitrogens with one attached hydrogen (secondary N) is 1. The van der Waals surface area contributed by atoms with Gasteiger partial charge in [0.25, 0.3) is 0 Å². The summed E-state index contributed by atoms with van der Waals surface area (Å²) in [5.74, 6) is 0.950. The van der Waals surface area contributed by atoms with E-state index in [1.807, 2.05) is 7.05 Å². The van der Waals surface area contributed by atoms with Crippen molar-refractivity contribution < 1.29 is 0 Å². The van der Waals surface area contributed by atoms with Gasteiger partial charge in [0.05, 0.1) is 0 Å². The molecular weight excluding hydrogens is 172 g/mol. The molecule has 2 unspecified atom stereocenters. The lowest BCUT2D eigenvalue weighted by Gasteiger charge is -2.37. The topological polar surface area (TPSA) is 15.3 Å². The normalized spacial score (nSPS) is 28.3. The predicted molar refractivity (Wildman–Crippen MR) is 62.6 cm³/mol. The summed E-state index contributed by atoms with van der Waals surface area (Å²) in [6.45, 7) is 4.65. The molecule has 0 radical (unpaired) electrons. The minimum atomic E-state index is 0.849. The molecule has 0 bridgehead atoms. The quantitative estimate of drug-likeness (QED) is 0.728. The van der Waals surface area contributed by atoms with Crippen LogP contribution in [0.1, 0.15) is 39.0 Å². The smallest absolute Gasteiger partial charge is 0.0121 e. The van der Waals surface area contributed by atoms with E-state index in [0.717, 1.165) is 18.5 Å². The van der Waals surface area contributed by atoms with Crippen molar-refractivity contribution in [2.75, 3.05) is 27.2 Å². The van der Waals surface area contributed by atoms with Gasteiger partial charge < -0.3 is 10.2 Å². The lowest BCUT2D eigenvalue weighted by molar-refractivity contribution is 0.128. The molecule has 2 atom stereocenters. The van der Waals surface area contributed by atoms with Gasteiger partial charge in [-0.05, 0) is 32.9 Å². The molecule has 1 N–H and O–H groups in total. The zero-order valence-corrected chi connectivity index (χ0v) is 10.1. The highest BCUT2D eigenvalue weighted by Gasteiger charge is 2.26. The summed E-state index contributed by atoms with van der Waals surface area (Å²) in [5, 5.41) is 3.23.